The van der Waals surface area contributed by atoms with Crippen LogP contribution >= 0.6 is 0 Å². The zero-order valence-corrected chi connectivity index (χ0v) is 17.9. The minimum Gasteiger partial charge on any atom is -0.493 e. The maximum absolute atomic E-state index is 14.0. The normalized spacial score (nSPS) is 23.2. The number of nitrogens with one attached hydrogen (secondary N) is 1. The molecule has 4 rings (SSSR count). The number of piperidine rings is 1. The molecule has 0 spiro atoms. The minimum absolute atomic E-state index is 0.0539. The van der Waals surface area contributed by atoms with Crippen LogP contribution in [0.1, 0.15) is 48.2 Å². The molecule has 9 nitrogen and oxygen atoms in total. The average Bonchev–Trinajstić information content (AvgIpc) is 3.23. The molecule has 0 aliphatic carbocycles. The fourth-order valence-corrected chi connectivity index (χ4v) is 4.15. The maximum Gasteiger partial charge on any atom is 0.257 e. The van der Waals surface area contributed by atoms with Gasteiger partial charge < -0.3 is 20.1 Å². The lowest BCUT2D eigenvalue weighted by atomic mass is 9.92. The molecule has 2 aromatic rings. The molecule has 2 amide bonds. The van der Waals surface area contributed by atoms with Gasteiger partial charge in [0, 0.05) is 38.7 Å². The quantitative estimate of drug-likeness (QED) is 0.633. The summed E-state index contributed by atoms with van der Waals surface area (Å²) in [5.41, 5.74) is -0.298. The van der Waals surface area contributed by atoms with E-state index in [1.807, 2.05) is 6.20 Å². The van der Waals surface area contributed by atoms with Gasteiger partial charge in [-0.3, -0.25) is 14.3 Å². The summed E-state index contributed by atoms with van der Waals surface area (Å²) in [6.07, 6.45) is 5.09. The SMILES string of the molecule is O=C1CCCc2cn(nn2)CCCOc2ccc(F)cc2C(=O)N2CCCC(O)(CN1)C2. The molecule has 1 saturated heterocycles. The Morgan fingerprint density at radius 2 is 2.03 bits per heavy atom. The van der Waals surface area contributed by atoms with E-state index in [1.54, 1.807) is 4.68 Å². The molecule has 2 N–H and O–H groups in total. The predicted octanol–water partition coefficient (Wildman–Crippen LogP) is 1.31. The zero-order valence-electron chi connectivity index (χ0n) is 17.9. The number of nitrogens with zero attached hydrogens (tertiary/aromatic N) is 4. The first-order chi connectivity index (χ1) is 15.4. The molecule has 0 saturated carbocycles. The van der Waals surface area contributed by atoms with E-state index >= 15 is 0 Å². The van der Waals surface area contributed by atoms with Crippen molar-refractivity contribution in [3.8, 4) is 5.75 Å². The standard InChI is InChI=1S/C22H28FN5O4/c23-16-6-7-19-18(12-16)21(30)27-9-2-8-22(31,15-27)14-24-20(29)5-1-4-17-13-28(26-25-17)10-3-11-32-19/h6-7,12-13,31H,1-5,8-11,14-15H2,(H,24,29). The second-order valence-electron chi connectivity index (χ2n) is 8.50. The summed E-state index contributed by atoms with van der Waals surface area (Å²) >= 11 is 0. The molecule has 10 heteroatoms. The lowest BCUT2D eigenvalue weighted by Gasteiger charge is -2.39. The fraction of sp³-hybridized carbons (Fsp3) is 0.545. The lowest BCUT2D eigenvalue weighted by molar-refractivity contribution is -0.123. The van der Waals surface area contributed by atoms with Crippen molar-refractivity contribution in [3.63, 3.8) is 0 Å². The van der Waals surface area contributed by atoms with E-state index in [1.165, 1.54) is 23.1 Å². The first-order valence-corrected chi connectivity index (χ1v) is 11.0. The molecule has 3 heterocycles. The zero-order chi connectivity index (χ0) is 22.6. The van der Waals surface area contributed by atoms with E-state index in [9.17, 15) is 19.1 Å². The molecule has 32 heavy (non-hydrogen) atoms. The van der Waals surface area contributed by atoms with Gasteiger partial charge in [0.05, 0.1) is 30.0 Å². The van der Waals surface area contributed by atoms with E-state index in [0.717, 1.165) is 5.69 Å². The Morgan fingerprint density at radius 3 is 2.91 bits per heavy atom. The van der Waals surface area contributed by atoms with Crippen LogP contribution in [0.2, 0.25) is 0 Å². The third kappa shape index (κ3) is 5.42. The monoisotopic (exact) mass is 445 g/mol. The number of β-amino-alcohol motifs (C(OH)–C–C–N with tert-alkyl or cyclic N) is 1. The molecule has 2 aliphatic rings. The summed E-state index contributed by atoms with van der Waals surface area (Å²) in [6, 6.07) is 3.88. The number of carbonyl (C=O) groups is 2. The molecule has 1 atom stereocenters. The Kier molecular flexibility index (Phi) is 6.69. The molecule has 1 unspecified atom stereocenters. The van der Waals surface area contributed by atoms with Gasteiger partial charge in [0.25, 0.3) is 5.91 Å². The molecule has 0 radical (unpaired) electrons. The van der Waals surface area contributed by atoms with Crippen molar-refractivity contribution in [1.29, 1.82) is 0 Å². The van der Waals surface area contributed by atoms with Crippen LogP contribution in [0.15, 0.2) is 24.4 Å². The second-order valence-corrected chi connectivity index (χ2v) is 8.50. The van der Waals surface area contributed by atoms with Crippen molar-refractivity contribution in [2.24, 2.45) is 0 Å². The number of halogens is 1. The highest BCUT2D eigenvalue weighted by atomic mass is 19.1. The van der Waals surface area contributed by atoms with Gasteiger partial charge in [-0.1, -0.05) is 5.21 Å². The number of aryl methyl sites for hydroxylation is 2. The van der Waals surface area contributed by atoms with E-state index < -0.39 is 17.3 Å². The second kappa shape index (κ2) is 9.64. The van der Waals surface area contributed by atoms with Crippen LogP contribution in [0.5, 0.6) is 5.75 Å². The Morgan fingerprint density at radius 1 is 1.16 bits per heavy atom. The summed E-state index contributed by atoms with van der Waals surface area (Å²) in [6.45, 7) is 1.46. The number of hydrogen-bond donors (Lipinski definition) is 2. The first kappa shape index (κ1) is 22.2. The van der Waals surface area contributed by atoms with Crippen molar-refractivity contribution in [2.45, 2.75) is 50.7 Å². The molecule has 2 aliphatic heterocycles. The molecular weight excluding hydrogens is 417 g/mol. The Bertz CT molecular complexity index is 981. The molecule has 172 valence electrons. The third-order valence-corrected chi connectivity index (χ3v) is 5.84. The van der Waals surface area contributed by atoms with Crippen molar-refractivity contribution < 1.29 is 23.8 Å². The summed E-state index contributed by atoms with van der Waals surface area (Å²) < 4.78 is 21.5. The van der Waals surface area contributed by atoms with E-state index in [-0.39, 0.29) is 24.6 Å². The largest absolute Gasteiger partial charge is 0.493 e. The van der Waals surface area contributed by atoms with Crippen molar-refractivity contribution >= 4 is 11.8 Å². The number of fused-ring (bicyclic) bond motifs is 5. The highest BCUT2D eigenvalue weighted by Gasteiger charge is 2.36. The molecule has 1 aromatic heterocycles. The Balaban J connectivity index is 1.56. The van der Waals surface area contributed by atoms with Gasteiger partial charge in [-0.05, 0) is 43.9 Å². The van der Waals surface area contributed by atoms with Gasteiger partial charge in [-0.15, -0.1) is 5.10 Å². The van der Waals surface area contributed by atoms with Crippen LogP contribution in [0.25, 0.3) is 0 Å². The summed E-state index contributed by atoms with van der Waals surface area (Å²) in [5.74, 6) is -0.791. The van der Waals surface area contributed by atoms with Crippen LogP contribution in [0.3, 0.4) is 0 Å². The smallest absolute Gasteiger partial charge is 0.257 e. The number of aliphatic hydroxyl groups is 1. The number of ether oxygens (including phenoxy) is 1. The Hall–Kier alpha value is -3.01. The number of hydrogen-bond acceptors (Lipinski definition) is 6. The van der Waals surface area contributed by atoms with Gasteiger partial charge >= 0.3 is 0 Å². The Labute approximate surface area is 185 Å². The third-order valence-electron chi connectivity index (χ3n) is 5.84. The van der Waals surface area contributed by atoms with Crippen LogP contribution in [-0.4, -0.2) is 68.7 Å². The highest BCUT2D eigenvalue weighted by Crippen LogP contribution is 2.26. The number of carbonyl (C=O) groups excluding carboxylic acids is 2. The maximum atomic E-state index is 14.0. The van der Waals surface area contributed by atoms with Crippen LogP contribution in [-0.2, 0) is 17.8 Å². The number of benzene rings is 1. The molecule has 4 bridgehead atoms. The average molecular weight is 445 g/mol. The van der Waals surface area contributed by atoms with Gasteiger partial charge in [-0.2, -0.15) is 0 Å². The van der Waals surface area contributed by atoms with Gasteiger partial charge in [-0.25, -0.2) is 4.39 Å². The summed E-state index contributed by atoms with van der Waals surface area (Å²) in [5, 5.41) is 22.0. The van der Waals surface area contributed by atoms with Crippen molar-refractivity contribution in [2.75, 3.05) is 26.2 Å². The van der Waals surface area contributed by atoms with E-state index in [0.29, 0.717) is 64.0 Å². The van der Waals surface area contributed by atoms with E-state index in [4.69, 9.17) is 4.74 Å². The highest BCUT2D eigenvalue weighted by molar-refractivity contribution is 5.97. The molecule has 1 aromatic carbocycles. The van der Waals surface area contributed by atoms with Gasteiger partial charge in [0.1, 0.15) is 11.6 Å². The summed E-state index contributed by atoms with van der Waals surface area (Å²) in [7, 11) is 0. The van der Waals surface area contributed by atoms with Crippen LogP contribution < -0.4 is 10.1 Å². The van der Waals surface area contributed by atoms with Crippen molar-refractivity contribution in [3.05, 3.63) is 41.5 Å². The predicted molar refractivity (Wildman–Crippen MR) is 113 cm³/mol. The van der Waals surface area contributed by atoms with Crippen molar-refractivity contribution in [1.82, 2.24) is 25.2 Å². The summed E-state index contributed by atoms with van der Waals surface area (Å²) in [4.78, 5) is 26.9. The first-order valence-electron chi connectivity index (χ1n) is 11.0. The van der Waals surface area contributed by atoms with Gasteiger partial charge in [0.2, 0.25) is 5.91 Å². The fourth-order valence-electron chi connectivity index (χ4n) is 4.15. The number of rotatable bonds is 0. The number of amides is 2. The van der Waals surface area contributed by atoms with E-state index in [2.05, 4.69) is 15.6 Å². The van der Waals surface area contributed by atoms with Crippen LogP contribution in [0.4, 0.5) is 4.39 Å². The topological polar surface area (TPSA) is 110 Å². The number of aromatic nitrogens is 3. The van der Waals surface area contributed by atoms with Crippen LogP contribution in [0, 0.1) is 5.82 Å². The molecule has 1 fully saturated rings. The van der Waals surface area contributed by atoms with Gasteiger partial charge in [0.15, 0.2) is 0 Å². The minimum atomic E-state index is -1.23. The molecular formula is C22H28FN5O4. The lowest BCUT2D eigenvalue weighted by Crippen LogP contribution is -2.55.